The maximum atomic E-state index is 9.54. The van der Waals surface area contributed by atoms with Crippen LogP contribution >= 0.6 is 23.2 Å². The monoisotopic (exact) mass is 292 g/mol. The van der Waals surface area contributed by atoms with Crippen LogP contribution in [-0.2, 0) is 0 Å². The lowest BCUT2D eigenvalue weighted by Crippen LogP contribution is -2.41. The molecule has 2 unspecified atom stereocenters. The summed E-state index contributed by atoms with van der Waals surface area (Å²) in [6.45, 7) is 5.96. The van der Waals surface area contributed by atoms with Crippen LogP contribution in [0, 0.1) is 5.92 Å². The molecule has 2 heterocycles. The minimum Gasteiger partial charge on any atom is -0.392 e. The van der Waals surface area contributed by atoms with Crippen LogP contribution in [0.4, 0.5) is 0 Å². The first-order chi connectivity index (χ1) is 8.67. The van der Waals surface area contributed by atoms with Crippen LogP contribution in [0.1, 0.15) is 19.3 Å². The summed E-state index contributed by atoms with van der Waals surface area (Å²) in [7, 11) is 0. The summed E-state index contributed by atoms with van der Waals surface area (Å²) in [5.74, 6) is 0.698. The van der Waals surface area contributed by atoms with Gasteiger partial charge in [0.1, 0.15) is 0 Å². The summed E-state index contributed by atoms with van der Waals surface area (Å²) in [6.07, 6.45) is 3.33. The van der Waals surface area contributed by atoms with Crippen LogP contribution in [0.5, 0.6) is 0 Å². The highest BCUT2D eigenvalue weighted by atomic mass is 35.5. The van der Waals surface area contributed by atoms with Gasteiger partial charge in [0, 0.05) is 43.3 Å². The zero-order valence-electron chi connectivity index (χ0n) is 10.7. The molecule has 2 aliphatic rings. The van der Waals surface area contributed by atoms with Crippen molar-refractivity contribution in [2.24, 2.45) is 5.92 Å². The fourth-order valence-corrected chi connectivity index (χ4v) is 3.27. The molecular weight excluding hydrogens is 271 g/mol. The number of rotatable bonds is 4. The molecule has 0 aromatic rings. The van der Waals surface area contributed by atoms with E-state index in [0.29, 0.717) is 11.0 Å². The Morgan fingerprint density at radius 3 is 2.72 bits per heavy atom. The molecule has 2 rings (SSSR count). The van der Waals surface area contributed by atoms with Crippen LogP contribution < -0.4 is 0 Å². The molecule has 0 aromatic carbocycles. The third-order valence-electron chi connectivity index (χ3n) is 3.86. The Balaban J connectivity index is 1.76. The van der Waals surface area contributed by atoms with Gasteiger partial charge in [0.05, 0.1) is 6.10 Å². The number of aliphatic hydroxyl groups excluding tert-OH is 1. The molecule has 2 saturated heterocycles. The van der Waals surface area contributed by atoms with Crippen LogP contribution in [0.2, 0.25) is 0 Å². The average molecular weight is 293 g/mol. The van der Waals surface area contributed by atoms with Crippen LogP contribution in [0.25, 0.3) is 0 Å². The number of hydrogen-bond acceptors (Lipinski definition) is 3. The number of halogens is 2. The molecule has 0 bridgehead atoms. The van der Waals surface area contributed by atoms with Crippen LogP contribution in [-0.4, -0.2) is 60.3 Å². The lowest BCUT2D eigenvalue weighted by Gasteiger charge is -2.34. The van der Waals surface area contributed by atoms with Crippen molar-refractivity contribution < 1.29 is 5.11 Å². The van der Waals surface area contributed by atoms with Crippen molar-refractivity contribution in [1.82, 2.24) is 9.80 Å². The summed E-state index contributed by atoms with van der Waals surface area (Å²) >= 11 is 11.6. The fraction of sp³-hybridized carbons (Fsp3) is 0.846. The molecule has 2 atom stereocenters. The SMILES string of the molecule is OC1CCN(CC2CCCN(C/C(Cl)=C/Cl)C2)C1. The Morgan fingerprint density at radius 2 is 2.06 bits per heavy atom. The largest absolute Gasteiger partial charge is 0.392 e. The minimum absolute atomic E-state index is 0.113. The Labute approximate surface area is 119 Å². The summed E-state index contributed by atoms with van der Waals surface area (Å²) in [5, 5.41) is 10.3. The molecule has 0 aromatic heterocycles. The molecule has 0 spiro atoms. The van der Waals surface area contributed by atoms with E-state index in [9.17, 15) is 5.11 Å². The molecule has 5 heteroatoms. The molecular formula is C13H22Cl2N2O. The molecule has 0 amide bonds. The minimum atomic E-state index is -0.113. The predicted octanol–water partition coefficient (Wildman–Crippen LogP) is 2.08. The molecule has 104 valence electrons. The summed E-state index contributed by atoms with van der Waals surface area (Å²) in [6, 6.07) is 0. The van der Waals surface area contributed by atoms with Crippen LogP contribution in [0.3, 0.4) is 0 Å². The first-order valence-corrected chi connectivity index (χ1v) is 7.56. The standard InChI is InChI=1S/C13H22Cl2N2O/c14-6-12(15)9-16-4-1-2-11(7-16)8-17-5-3-13(18)10-17/h6,11,13,18H,1-5,7-10H2/b12-6-. The number of β-amino-alcohol motifs (C(OH)–C–C–N with tert-alkyl or cyclic N) is 1. The molecule has 0 radical (unpaired) electrons. The maximum Gasteiger partial charge on any atom is 0.0679 e. The highest BCUT2D eigenvalue weighted by Gasteiger charge is 2.26. The molecule has 0 saturated carbocycles. The van der Waals surface area contributed by atoms with Gasteiger partial charge in [-0.25, -0.2) is 0 Å². The van der Waals surface area contributed by atoms with Gasteiger partial charge in [0.15, 0.2) is 0 Å². The molecule has 2 aliphatic heterocycles. The lowest BCUT2D eigenvalue weighted by atomic mass is 9.97. The molecule has 18 heavy (non-hydrogen) atoms. The second-order valence-electron chi connectivity index (χ2n) is 5.50. The second-order valence-corrected chi connectivity index (χ2v) is 6.21. The van der Waals surface area contributed by atoms with Gasteiger partial charge < -0.3 is 10.0 Å². The van der Waals surface area contributed by atoms with Gasteiger partial charge in [-0.05, 0) is 31.7 Å². The van der Waals surface area contributed by atoms with Gasteiger partial charge in [-0.1, -0.05) is 23.2 Å². The highest BCUT2D eigenvalue weighted by Crippen LogP contribution is 2.21. The van der Waals surface area contributed by atoms with Crippen molar-refractivity contribution in [3.05, 3.63) is 10.6 Å². The van der Waals surface area contributed by atoms with Crippen LogP contribution in [0.15, 0.2) is 10.6 Å². The van der Waals surface area contributed by atoms with Gasteiger partial charge in [0.25, 0.3) is 0 Å². The zero-order valence-corrected chi connectivity index (χ0v) is 12.2. The van der Waals surface area contributed by atoms with Crippen molar-refractivity contribution in [3.63, 3.8) is 0 Å². The van der Waals surface area contributed by atoms with E-state index >= 15 is 0 Å². The lowest BCUT2D eigenvalue weighted by molar-refractivity contribution is 0.136. The summed E-state index contributed by atoms with van der Waals surface area (Å²) in [5.41, 5.74) is 1.46. The van der Waals surface area contributed by atoms with E-state index in [0.717, 1.165) is 45.7 Å². The Hall–Kier alpha value is 0.200. The average Bonchev–Trinajstić information content (AvgIpc) is 2.75. The Kier molecular flexibility index (Phi) is 5.77. The number of hydrogen-bond donors (Lipinski definition) is 1. The van der Waals surface area contributed by atoms with E-state index in [-0.39, 0.29) is 6.10 Å². The van der Waals surface area contributed by atoms with E-state index in [2.05, 4.69) is 9.80 Å². The smallest absolute Gasteiger partial charge is 0.0679 e. The summed E-state index contributed by atoms with van der Waals surface area (Å²) < 4.78 is 0. The Bertz CT molecular complexity index is 299. The Morgan fingerprint density at radius 1 is 1.22 bits per heavy atom. The van der Waals surface area contributed by atoms with Gasteiger partial charge in [-0.3, -0.25) is 4.90 Å². The number of piperidine rings is 1. The zero-order chi connectivity index (χ0) is 13.0. The van der Waals surface area contributed by atoms with E-state index in [1.165, 1.54) is 18.4 Å². The van der Waals surface area contributed by atoms with Crippen molar-refractivity contribution in [1.29, 1.82) is 0 Å². The highest BCUT2D eigenvalue weighted by molar-refractivity contribution is 6.36. The van der Waals surface area contributed by atoms with Crippen molar-refractivity contribution in [2.45, 2.75) is 25.4 Å². The van der Waals surface area contributed by atoms with Crippen molar-refractivity contribution in [2.75, 3.05) is 39.3 Å². The molecule has 2 fully saturated rings. The van der Waals surface area contributed by atoms with Gasteiger partial charge >= 0.3 is 0 Å². The number of aliphatic hydroxyl groups is 1. The first-order valence-electron chi connectivity index (χ1n) is 6.75. The second kappa shape index (κ2) is 7.11. The maximum absolute atomic E-state index is 9.54. The number of likely N-dealkylation sites (tertiary alicyclic amines) is 2. The van der Waals surface area contributed by atoms with Gasteiger partial charge in [0.2, 0.25) is 0 Å². The predicted molar refractivity (Wildman–Crippen MR) is 76.0 cm³/mol. The molecule has 3 nitrogen and oxygen atoms in total. The quantitative estimate of drug-likeness (QED) is 0.860. The van der Waals surface area contributed by atoms with Gasteiger partial charge in [-0.15, -0.1) is 0 Å². The van der Waals surface area contributed by atoms with E-state index in [4.69, 9.17) is 23.2 Å². The molecule has 0 aliphatic carbocycles. The van der Waals surface area contributed by atoms with Crippen molar-refractivity contribution >= 4 is 23.2 Å². The fourth-order valence-electron chi connectivity index (χ4n) is 3.04. The van der Waals surface area contributed by atoms with E-state index < -0.39 is 0 Å². The topological polar surface area (TPSA) is 26.7 Å². The third kappa shape index (κ3) is 4.39. The number of nitrogens with zero attached hydrogens (tertiary/aromatic N) is 2. The van der Waals surface area contributed by atoms with E-state index in [1.54, 1.807) is 0 Å². The molecule has 1 N–H and O–H groups in total. The van der Waals surface area contributed by atoms with Gasteiger partial charge in [-0.2, -0.15) is 0 Å². The van der Waals surface area contributed by atoms with E-state index in [1.807, 2.05) is 0 Å². The third-order valence-corrected chi connectivity index (χ3v) is 4.46. The normalized spacial score (nSPS) is 32.1. The van der Waals surface area contributed by atoms with Crippen molar-refractivity contribution in [3.8, 4) is 0 Å². The first kappa shape index (κ1) is 14.6. The summed E-state index contributed by atoms with van der Waals surface area (Å²) in [4.78, 5) is 4.76.